The van der Waals surface area contributed by atoms with Gasteiger partial charge < -0.3 is 9.47 Å². The zero-order valence-corrected chi connectivity index (χ0v) is 21.4. The minimum absolute atomic E-state index is 0.128. The number of halogens is 2. The molecule has 0 bridgehead atoms. The Labute approximate surface area is 203 Å². The molecule has 6 nitrogen and oxygen atoms in total. The lowest BCUT2D eigenvalue weighted by Crippen LogP contribution is -2.29. The van der Waals surface area contributed by atoms with Crippen molar-refractivity contribution in [2.45, 2.75) is 33.1 Å². The quantitative estimate of drug-likeness (QED) is 0.294. The van der Waals surface area contributed by atoms with Crippen LogP contribution in [0.25, 0.3) is 10.9 Å². The van der Waals surface area contributed by atoms with Crippen LogP contribution in [0.3, 0.4) is 0 Å². The van der Waals surface area contributed by atoms with Gasteiger partial charge in [-0.15, -0.1) is 6.42 Å². The molecule has 0 aliphatic carbocycles. The van der Waals surface area contributed by atoms with Gasteiger partial charge in [0.25, 0.3) is 5.56 Å². The molecule has 0 aliphatic rings. The van der Waals surface area contributed by atoms with Gasteiger partial charge in [0.15, 0.2) is 11.5 Å². The maximum Gasteiger partial charge on any atom is 0.282 e. The van der Waals surface area contributed by atoms with Gasteiger partial charge in [-0.05, 0) is 53.2 Å². The van der Waals surface area contributed by atoms with E-state index in [9.17, 15) is 4.79 Å². The Balaban J connectivity index is 2.15. The van der Waals surface area contributed by atoms with Crippen molar-refractivity contribution in [2.75, 3.05) is 13.2 Å². The number of terminal acetylenes is 1. The summed E-state index contributed by atoms with van der Waals surface area (Å²) < 4.78 is 14.1. The van der Waals surface area contributed by atoms with Gasteiger partial charge in [-0.25, -0.2) is 4.98 Å². The van der Waals surface area contributed by atoms with Crippen LogP contribution in [0.4, 0.5) is 0 Å². The predicted molar refractivity (Wildman–Crippen MR) is 135 cm³/mol. The van der Waals surface area contributed by atoms with Crippen LogP contribution in [-0.4, -0.2) is 29.1 Å². The Kier molecular flexibility index (Phi) is 7.42. The van der Waals surface area contributed by atoms with E-state index in [-0.39, 0.29) is 12.2 Å². The zero-order chi connectivity index (χ0) is 23.5. The van der Waals surface area contributed by atoms with Crippen molar-refractivity contribution in [3.8, 4) is 23.8 Å². The monoisotopic (exact) mass is 559 g/mol. The molecular weight excluding hydrogens is 538 g/mol. The summed E-state index contributed by atoms with van der Waals surface area (Å²) in [5, 5.41) is 5.00. The largest absolute Gasteiger partial charge is 0.490 e. The molecule has 3 rings (SSSR count). The second-order valence-corrected chi connectivity index (χ2v) is 9.72. The fraction of sp³-hybridized carbons (Fsp3) is 0.292. The van der Waals surface area contributed by atoms with Gasteiger partial charge in [0, 0.05) is 19.9 Å². The van der Waals surface area contributed by atoms with Crippen molar-refractivity contribution in [2.24, 2.45) is 5.10 Å². The third kappa shape index (κ3) is 5.22. The minimum Gasteiger partial charge on any atom is -0.490 e. The van der Waals surface area contributed by atoms with E-state index in [0.717, 1.165) is 8.95 Å². The van der Waals surface area contributed by atoms with Gasteiger partial charge in [0.2, 0.25) is 0 Å². The van der Waals surface area contributed by atoms with E-state index in [0.29, 0.717) is 40.4 Å². The minimum atomic E-state index is -0.404. The fourth-order valence-corrected chi connectivity index (χ4v) is 3.80. The first-order chi connectivity index (χ1) is 15.2. The molecule has 0 fully saturated rings. The number of fused-ring (bicyclic) bond motifs is 1. The highest BCUT2D eigenvalue weighted by Crippen LogP contribution is 2.33. The molecular formula is C24H23Br2N3O3. The van der Waals surface area contributed by atoms with E-state index in [4.69, 9.17) is 20.9 Å². The summed E-state index contributed by atoms with van der Waals surface area (Å²) in [6.07, 6.45) is 6.90. The average Bonchev–Trinajstić information content (AvgIpc) is 2.73. The molecule has 0 atom stereocenters. The van der Waals surface area contributed by atoms with Crippen LogP contribution in [0.2, 0.25) is 0 Å². The van der Waals surface area contributed by atoms with Gasteiger partial charge in [0.1, 0.15) is 12.4 Å². The maximum absolute atomic E-state index is 13.3. The van der Waals surface area contributed by atoms with Crippen LogP contribution in [-0.2, 0) is 5.41 Å². The molecule has 0 saturated carbocycles. The number of hydrogen-bond acceptors (Lipinski definition) is 5. The smallest absolute Gasteiger partial charge is 0.282 e. The second kappa shape index (κ2) is 9.88. The molecule has 0 aliphatic heterocycles. The molecule has 1 aromatic heterocycles. The van der Waals surface area contributed by atoms with E-state index in [1.54, 1.807) is 24.4 Å². The van der Waals surface area contributed by atoms with Gasteiger partial charge in [-0.1, -0.05) is 42.6 Å². The Bertz CT molecular complexity index is 1280. The molecule has 8 heteroatoms. The van der Waals surface area contributed by atoms with Crippen LogP contribution >= 0.6 is 31.9 Å². The molecule has 1 heterocycles. The Morgan fingerprint density at radius 3 is 2.56 bits per heavy atom. The van der Waals surface area contributed by atoms with Crippen LogP contribution in [0, 0.1) is 12.3 Å². The van der Waals surface area contributed by atoms with E-state index < -0.39 is 5.41 Å². The van der Waals surface area contributed by atoms with Crippen LogP contribution in [0.15, 0.2) is 49.2 Å². The maximum atomic E-state index is 13.3. The van der Waals surface area contributed by atoms with Crippen molar-refractivity contribution < 1.29 is 9.47 Å². The van der Waals surface area contributed by atoms with Gasteiger partial charge in [-0.3, -0.25) is 4.79 Å². The molecule has 0 N–H and O–H groups in total. The lowest BCUT2D eigenvalue weighted by Gasteiger charge is -2.21. The summed E-state index contributed by atoms with van der Waals surface area (Å²) in [4.78, 5) is 18.0. The molecule has 166 valence electrons. The topological polar surface area (TPSA) is 65.7 Å². The summed E-state index contributed by atoms with van der Waals surface area (Å²) >= 11 is 6.96. The van der Waals surface area contributed by atoms with Gasteiger partial charge in [-0.2, -0.15) is 9.78 Å². The van der Waals surface area contributed by atoms with Crippen molar-refractivity contribution in [1.82, 2.24) is 9.66 Å². The third-order valence-corrected chi connectivity index (χ3v) is 5.65. The highest BCUT2D eigenvalue weighted by atomic mass is 79.9. The summed E-state index contributed by atoms with van der Waals surface area (Å²) in [5.74, 6) is 4.07. The predicted octanol–water partition coefficient (Wildman–Crippen LogP) is 5.51. The summed E-state index contributed by atoms with van der Waals surface area (Å²) in [6.45, 7) is 8.45. The first-order valence-corrected chi connectivity index (χ1v) is 11.5. The number of nitrogens with zero attached hydrogens (tertiary/aromatic N) is 3. The standard InChI is InChI=1S/C24H23Br2N3O3/c1-6-10-32-21-13-18(26)15(11-20(21)31-7-2)14-27-29-22(30)17-12-16(25)8-9-19(17)28-23(29)24(3,4)5/h1,8-9,11-14H,7,10H2,2-5H3. The number of aromatic nitrogens is 2. The third-order valence-electron chi connectivity index (χ3n) is 4.47. The van der Waals surface area contributed by atoms with E-state index in [1.165, 1.54) is 4.68 Å². The number of rotatable bonds is 6. The SMILES string of the molecule is C#CCOc1cc(Br)c(C=Nn2c(C(C)(C)C)nc3ccc(Br)cc3c2=O)cc1OCC. The summed E-state index contributed by atoms with van der Waals surface area (Å²) in [6, 6.07) is 9.00. The first kappa shape index (κ1) is 24.0. The average molecular weight is 561 g/mol. The summed E-state index contributed by atoms with van der Waals surface area (Å²) in [7, 11) is 0. The first-order valence-electron chi connectivity index (χ1n) is 9.95. The van der Waals surface area contributed by atoms with Gasteiger partial charge >= 0.3 is 0 Å². The Hall–Kier alpha value is -2.63. The molecule has 0 unspecified atom stereocenters. The second-order valence-electron chi connectivity index (χ2n) is 7.95. The van der Waals surface area contributed by atoms with E-state index >= 15 is 0 Å². The van der Waals surface area contributed by atoms with Crippen molar-refractivity contribution in [1.29, 1.82) is 0 Å². The normalized spacial score (nSPS) is 11.7. The highest BCUT2D eigenvalue weighted by molar-refractivity contribution is 9.10. The molecule has 0 saturated heterocycles. The molecule has 32 heavy (non-hydrogen) atoms. The number of hydrogen-bond donors (Lipinski definition) is 0. The van der Waals surface area contributed by atoms with Crippen molar-refractivity contribution in [3.05, 3.63) is 61.0 Å². The Morgan fingerprint density at radius 1 is 1.19 bits per heavy atom. The van der Waals surface area contributed by atoms with Crippen LogP contribution in [0.1, 0.15) is 39.1 Å². The van der Waals surface area contributed by atoms with E-state index in [2.05, 4.69) is 42.9 Å². The molecule has 0 radical (unpaired) electrons. The summed E-state index contributed by atoms with van der Waals surface area (Å²) in [5.41, 5.74) is 0.692. The zero-order valence-electron chi connectivity index (χ0n) is 18.3. The molecule has 3 aromatic rings. The number of benzene rings is 2. The molecule has 0 spiro atoms. The van der Waals surface area contributed by atoms with Crippen molar-refractivity contribution >= 4 is 49.0 Å². The van der Waals surface area contributed by atoms with Crippen LogP contribution in [0.5, 0.6) is 11.5 Å². The lowest BCUT2D eigenvalue weighted by atomic mass is 9.95. The number of ether oxygens (including phenoxy) is 2. The highest BCUT2D eigenvalue weighted by Gasteiger charge is 2.23. The van der Waals surface area contributed by atoms with E-state index in [1.807, 2.05) is 39.8 Å². The molecule has 0 amide bonds. The fourth-order valence-electron chi connectivity index (χ4n) is 3.01. The lowest BCUT2D eigenvalue weighted by molar-refractivity contribution is 0.299. The van der Waals surface area contributed by atoms with Crippen LogP contribution < -0.4 is 15.0 Å². The molecule has 2 aromatic carbocycles. The Morgan fingerprint density at radius 2 is 1.91 bits per heavy atom. The van der Waals surface area contributed by atoms with Gasteiger partial charge in [0.05, 0.1) is 23.7 Å². The van der Waals surface area contributed by atoms with Crippen molar-refractivity contribution in [3.63, 3.8) is 0 Å².